The normalized spacial score (nSPS) is 10.2. The number of aromatic nitrogens is 1. The minimum Gasteiger partial charge on any atom is -0.392 e. The molecule has 0 spiro atoms. The number of pyridine rings is 1. The lowest BCUT2D eigenvalue weighted by Gasteiger charge is -2.00. The van der Waals surface area contributed by atoms with E-state index < -0.39 is 5.82 Å². The van der Waals surface area contributed by atoms with E-state index in [4.69, 9.17) is 16.7 Å². The lowest BCUT2D eigenvalue weighted by atomic mass is 10.3. The summed E-state index contributed by atoms with van der Waals surface area (Å²) >= 11 is 8.39. The highest BCUT2D eigenvalue weighted by Crippen LogP contribution is 2.19. The Morgan fingerprint density at radius 1 is 1.73 bits per heavy atom. The van der Waals surface area contributed by atoms with Crippen LogP contribution in [0.3, 0.4) is 0 Å². The van der Waals surface area contributed by atoms with Crippen molar-refractivity contribution in [3.05, 3.63) is 27.2 Å². The quantitative estimate of drug-likeness (QED) is 0.763. The van der Waals surface area contributed by atoms with Gasteiger partial charge in [0.25, 0.3) is 0 Å². The van der Waals surface area contributed by atoms with Gasteiger partial charge in [-0.25, -0.2) is 9.37 Å². The Labute approximate surface area is 76.1 Å². The topological polar surface area (TPSA) is 33.1 Å². The summed E-state index contributed by atoms with van der Waals surface area (Å²) in [5, 5.41) is 8.39. The third-order valence-electron chi connectivity index (χ3n) is 1.13. The number of nitrogens with zero attached hydrogens (tertiary/aromatic N) is 1. The molecule has 0 amide bonds. The third kappa shape index (κ3) is 1.89. The lowest BCUT2D eigenvalue weighted by Crippen LogP contribution is -1.93. The van der Waals surface area contributed by atoms with Gasteiger partial charge in [0.1, 0.15) is 4.60 Å². The van der Waals surface area contributed by atoms with Gasteiger partial charge in [-0.1, -0.05) is 11.6 Å². The summed E-state index contributed by atoms with van der Waals surface area (Å²) in [4.78, 5) is 3.58. The molecule has 0 saturated carbocycles. The Morgan fingerprint density at radius 2 is 2.36 bits per heavy atom. The zero-order valence-electron chi connectivity index (χ0n) is 5.31. The number of hydrogen-bond donors (Lipinski definition) is 1. The lowest BCUT2D eigenvalue weighted by molar-refractivity contribution is 0.275. The monoisotopic (exact) mass is 239 g/mol. The Balaban J connectivity index is 3.24. The van der Waals surface area contributed by atoms with E-state index in [1.54, 1.807) is 0 Å². The summed E-state index contributed by atoms with van der Waals surface area (Å²) < 4.78 is 13.2. The van der Waals surface area contributed by atoms with Crippen molar-refractivity contribution in [2.24, 2.45) is 0 Å². The van der Waals surface area contributed by atoms with Gasteiger partial charge in [-0.05, 0) is 22.0 Å². The standard InChI is InChI=1S/C6H4BrClFNO/c7-4-1-3(2-11)5(9)6(8)10-4/h1,11H,2H2. The van der Waals surface area contributed by atoms with Gasteiger partial charge in [0.05, 0.1) is 6.61 Å². The second-order valence-electron chi connectivity index (χ2n) is 1.87. The SMILES string of the molecule is OCc1cc(Br)nc(Cl)c1F. The molecule has 0 bridgehead atoms. The van der Waals surface area contributed by atoms with E-state index >= 15 is 0 Å². The third-order valence-corrected chi connectivity index (χ3v) is 1.79. The van der Waals surface area contributed by atoms with Crippen molar-refractivity contribution < 1.29 is 9.50 Å². The number of halogens is 3. The zero-order chi connectivity index (χ0) is 8.43. The summed E-state index contributed by atoms with van der Waals surface area (Å²) in [6, 6.07) is 1.38. The predicted molar refractivity (Wildman–Crippen MR) is 42.8 cm³/mol. The fourth-order valence-electron chi connectivity index (χ4n) is 0.630. The largest absolute Gasteiger partial charge is 0.392 e. The van der Waals surface area contributed by atoms with E-state index in [2.05, 4.69) is 20.9 Å². The molecule has 60 valence electrons. The van der Waals surface area contributed by atoms with E-state index in [1.807, 2.05) is 0 Å². The predicted octanol–water partition coefficient (Wildman–Crippen LogP) is 2.13. The fraction of sp³-hybridized carbons (Fsp3) is 0.167. The molecular weight excluding hydrogens is 236 g/mol. The molecule has 0 aliphatic rings. The molecule has 0 atom stereocenters. The number of aliphatic hydroxyl groups is 1. The van der Waals surface area contributed by atoms with E-state index in [9.17, 15) is 4.39 Å². The average molecular weight is 240 g/mol. The van der Waals surface area contributed by atoms with Gasteiger partial charge < -0.3 is 5.11 Å². The molecule has 1 heterocycles. The molecule has 2 nitrogen and oxygen atoms in total. The molecule has 0 radical (unpaired) electrons. The molecule has 11 heavy (non-hydrogen) atoms. The summed E-state index contributed by atoms with van der Waals surface area (Å²) in [7, 11) is 0. The molecular formula is C6H4BrClFNO. The molecule has 1 rings (SSSR count). The van der Waals surface area contributed by atoms with E-state index in [1.165, 1.54) is 6.07 Å². The van der Waals surface area contributed by atoms with E-state index in [0.29, 0.717) is 4.60 Å². The summed E-state index contributed by atoms with van der Waals surface area (Å²) in [5.41, 5.74) is 0.136. The maximum atomic E-state index is 12.8. The van der Waals surface area contributed by atoms with Crippen LogP contribution < -0.4 is 0 Å². The first-order valence-electron chi connectivity index (χ1n) is 2.76. The minimum atomic E-state index is -0.669. The van der Waals surface area contributed by atoms with Crippen molar-refractivity contribution in [3.8, 4) is 0 Å². The smallest absolute Gasteiger partial charge is 0.166 e. The maximum Gasteiger partial charge on any atom is 0.166 e. The molecule has 5 heteroatoms. The van der Waals surface area contributed by atoms with Crippen LogP contribution in [0.2, 0.25) is 5.15 Å². The molecule has 0 fully saturated rings. The van der Waals surface area contributed by atoms with Crippen LogP contribution in [-0.2, 0) is 6.61 Å². The zero-order valence-corrected chi connectivity index (χ0v) is 7.65. The Hall–Kier alpha value is -0.190. The van der Waals surface area contributed by atoms with Gasteiger partial charge >= 0.3 is 0 Å². The van der Waals surface area contributed by atoms with Crippen LogP contribution >= 0.6 is 27.5 Å². The first kappa shape index (κ1) is 8.90. The van der Waals surface area contributed by atoms with Gasteiger partial charge in [0.2, 0.25) is 0 Å². The van der Waals surface area contributed by atoms with Crippen LogP contribution in [0.1, 0.15) is 5.56 Å². The van der Waals surface area contributed by atoms with E-state index in [-0.39, 0.29) is 17.3 Å². The van der Waals surface area contributed by atoms with Crippen LogP contribution in [-0.4, -0.2) is 10.1 Å². The highest BCUT2D eigenvalue weighted by atomic mass is 79.9. The van der Waals surface area contributed by atoms with Crippen LogP contribution in [0.25, 0.3) is 0 Å². The highest BCUT2D eigenvalue weighted by Gasteiger charge is 2.08. The summed E-state index contributed by atoms with van der Waals surface area (Å²) in [6.45, 7) is -0.382. The molecule has 0 aliphatic carbocycles. The van der Waals surface area contributed by atoms with Crippen molar-refractivity contribution in [1.29, 1.82) is 0 Å². The number of aliphatic hydroxyl groups excluding tert-OH is 1. The minimum absolute atomic E-state index is 0.136. The molecule has 1 aromatic heterocycles. The van der Waals surface area contributed by atoms with E-state index in [0.717, 1.165) is 0 Å². The van der Waals surface area contributed by atoms with Crippen LogP contribution in [0.15, 0.2) is 10.7 Å². The molecule has 0 aromatic carbocycles. The second kappa shape index (κ2) is 3.47. The Kier molecular flexibility index (Phi) is 2.81. The average Bonchev–Trinajstić information content (AvgIpc) is 1.96. The van der Waals surface area contributed by atoms with Gasteiger partial charge in [-0.2, -0.15) is 0 Å². The van der Waals surface area contributed by atoms with Crippen LogP contribution in [0, 0.1) is 5.82 Å². The first-order valence-corrected chi connectivity index (χ1v) is 3.93. The first-order chi connectivity index (χ1) is 5.15. The van der Waals surface area contributed by atoms with Gasteiger partial charge in [-0.3, -0.25) is 0 Å². The van der Waals surface area contributed by atoms with Gasteiger partial charge in [0.15, 0.2) is 11.0 Å². The second-order valence-corrected chi connectivity index (χ2v) is 3.04. The number of hydrogen-bond acceptors (Lipinski definition) is 2. The Bertz CT molecular complexity index is 282. The van der Waals surface area contributed by atoms with Crippen LogP contribution in [0.4, 0.5) is 4.39 Å². The van der Waals surface area contributed by atoms with Gasteiger partial charge in [0, 0.05) is 5.56 Å². The molecule has 0 saturated heterocycles. The van der Waals surface area contributed by atoms with Crippen LogP contribution in [0.5, 0.6) is 0 Å². The molecule has 1 N–H and O–H groups in total. The maximum absolute atomic E-state index is 12.8. The summed E-state index contributed by atoms with van der Waals surface area (Å²) in [5.74, 6) is -0.669. The molecule has 0 aliphatic heterocycles. The summed E-state index contributed by atoms with van der Waals surface area (Å²) in [6.07, 6.45) is 0. The van der Waals surface area contributed by atoms with Gasteiger partial charge in [-0.15, -0.1) is 0 Å². The van der Waals surface area contributed by atoms with Crippen molar-refractivity contribution >= 4 is 27.5 Å². The van der Waals surface area contributed by atoms with Crippen molar-refractivity contribution in [2.75, 3.05) is 0 Å². The molecule has 0 unspecified atom stereocenters. The number of rotatable bonds is 1. The van der Waals surface area contributed by atoms with Crippen molar-refractivity contribution in [1.82, 2.24) is 4.98 Å². The molecule has 1 aromatic rings. The fourth-order valence-corrected chi connectivity index (χ4v) is 1.40. The highest BCUT2D eigenvalue weighted by molar-refractivity contribution is 9.10. The Morgan fingerprint density at radius 3 is 2.91 bits per heavy atom. The van der Waals surface area contributed by atoms with Crippen molar-refractivity contribution in [3.63, 3.8) is 0 Å². The van der Waals surface area contributed by atoms with Crippen molar-refractivity contribution in [2.45, 2.75) is 6.61 Å².